The molecule has 2 heteroatoms. The highest BCUT2D eigenvalue weighted by Crippen LogP contribution is 2.13. The van der Waals surface area contributed by atoms with E-state index in [0.717, 1.165) is 6.54 Å². The SMILES string of the molecule is CC.CC1(C)CC(=O)CCN1. The van der Waals surface area contributed by atoms with Gasteiger partial charge in [0.2, 0.25) is 0 Å². The van der Waals surface area contributed by atoms with Crippen LogP contribution in [0.1, 0.15) is 40.5 Å². The molecule has 1 rings (SSSR count). The molecule has 1 fully saturated rings. The summed E-state index contributed by atoms with van der Waals surface area (Å²) in [5.41, 5.74) is 0.0509. The van der Waals surface area contributed by atoms with Crippen molar-refractivity contribution in [1.82, 2.24) is 5.32 Å². The van der Waals surface area contributed by atoms with Crippen molar-refractivity contribution in [3.05, 3.63) is 0 Å². The van der Waals surface area contributed by atoms with Crippen LogP contribution in [0.5, 0.6) is 0 Å². The monoisotopic (exact) mass is 157 g/mol. The van der Waals surface area contributed by atoms with Gasteiger partial charge >= 0.3 is 0 Å². The van der Waals surface area contributed by atoms with Crippen LogP contribution in [0.25, 0.3) is 0 Å². The number of ketones is 1. The van der Waals surface area contributed by atoms with Crippen molar-refractivity contribution in [3.8, 4) is 0 Å². The molecule has 1 aliphatic rings. The third kappa shape index (κ3) is 4.14. The molecular weight excluding hydrogens is 138 g/mol. The summed E-state index contributed by atoms with van der Waals surface area (Å²) >= 11 is 0. The number of carbonyl (C=O) groups excluding carboxylic acids is 1. The summed E-state index contributed by atoms with van der Waals surface area (Å²) in [5.74, 6) is 0.388. The van der Waals surface area contributed by atoms with Crippen LogP contribution in [-0.4, -0.2) is 17.9 Å². The van der Waals surface area contributed by atoms with Gasteiger partial charge in [0, 0.05) is 24.9 Å². The summed E-state index contributed by atoms with van der Waals surface area (Å²) in [6.07, 6.45) is 1.40. The zero-order chi connectivity index (χ0) is 8.91. The van der Waals surface area contributed by atoms with Crippen LogP contribution in [0.2, 0.25) is 0 Å². The summed E-state index contributed by atoms with van der Waals surface area (Å²) in [7, 11) is 0. The van der Waals surface area contributed by atoms with Gasteiger partial charge in [0.1, 0.15) is 5.78 Å². The maximum atomic E-state index is 10.8. The van der Waals surface area contributed by atoms with E-state index in [2.05, 4.69) is 19.2 Å². The molecule has 1 N–H and O–H groups in total. The Balaban J connectivity index is 0.000000461. The summed E-state index contributed by atoms with van der Waals surface area (Å²) in [6, 6.07) is 0. The van der Waals surface area contributed by atoms with Crippen molar-refractivity contribution in [2.75, 3.05) is 6.54 Å². The molecule has 1 heterocycles. The fourth-order valence-electron chi connectivity index (χ4n) is 1.18. The van der Waals surface area contributed by atoms with Crippen molar-refractivity contribution in [3.63, 3.8) is 0 Å². The second-order valence-electron chi connectivity index (χ2n) is 3.28. The fourth-order valence-corrected chi connectivity index (χ4v) is 1.18. The summed E-state index contributed by atoms with van der Waals surface area (Å²) in [6.45, 7) is 8.97. The van der Waals surface area contributed by atoms with Gasteiger partial charge in [-0.3, -0.25) is 4.79 Å². The number of hydrogen-bond donors (Lipinski definition) is 1. The molecule has 0 aliphatic carbocycles. The van der Waals surface area contributed by atoms with Crippen molar-refractivity contribution in [2.24, 2.45) is 0 Å². The second-order valence-corrected chi connectivity index (χ2v) is 3.28. The maximum absolute atomic E-state index is 10.8. The molecule has 0 saturated carbocycles. The number of hydrogen-bond acceptors (Lipinski definition) is 2. The minimum atomic E-state index is 0.0509. The first-order valence-corrected chi connectivity index (χ1v) is 4.37. The summed E-state index contributed by atoms with van der Waals surface area (Å²) in [4.78, 5) is 10.8. The van der Waals surface area contributed by atoms with Gasteiger partial charge in [-0.2, -0.15) is 0 Å². The number of carbonyl (C=O) groups is 1. The lowest BCUT2D eigenvalue weighted by atomic mass is 9.92. The zero-order valence-corrected chi connectivity index (χ0v) is 8.03. The number of rotatable bonds is 0. The average Bonchev–Trinajstić information content (AvgIpc) is 1.89. The van der Waals surface area contributed by atoms with Gasteiger partial charge in [-0.1, -0.05) is 13.8 Å². The topological polar surface area (TPSA) is 29.1 Å². The third-order valence-electron chi connectivity index (χ3n) is 1.65. The first kappa shape index (κ1) is 10.6. The van der Waals surface area contributed by atoms with Gasteiger partial charge in [-0.25, -0.2) is 0 Å². The standard InChI is InChI=1S/C7H13NO.C2H6/c1-7(2)5-6(9)3-4-8-7;1-2/h8H,3-5H2,1-2H3;1-2H3. The van der Waals surface area contributed by atoms with Crippen LogP contribution in [0.4, 0.5) is 0 Å². The van der Waals surface area contributed by atoms with Crippen LogP contribution in [0, 0.1) is 0 Å². The molecule has 0 aromatic heterocycles. The molecule has 0 aromatic carbocycles. The Morgan fingerprint density at radius 1 is 1.36 bits per heavy atom. The van der Waals surface area contributed by atoms with Gasteiger partial charge in [0.15, 0.2) is 0 Å². The van der Waals surface area contributed by atoms with E-state index in [1.807, 2.05) is 13.8 Å². The lowest BCUT2D eigenvalue weighted by Gasteiger charge is -2.29. The van der Waals surface area contributed by atoms with Crippen LogP contribution in [0.15, 0.2) is 0 Å². The Morgan fingerprint density at radius 2 is 1.91 bits per heavy atom. The smallest absolute Gasteiger partial charge is 0.135 e. The number of Topliss-reactive ketones (excluding diaryl/α,β-unsaturated/α-hetero) is 1. The van der Waals surface area contributed by atoms with Crippen LogP contribution in [-0.2, 0) is 4.79 Å². The zero-order valence-electron chi connectivity index (χ0n) is 8.03. The average molecular weight is 157 g/mol. The van der Waals surface area contributed by atoms with E-state index in [4.69, 9.17) is 0 Å². The van der Waals surface area contributed by atoms with E-state index in [-0.39, 0.29) is 5.54 Å². The van der Waals surface area contributed by atoms with Gasteiger partial charge in [-0.15, -0.1) is 0 Å². The Hall–Kier alpha value is -0.370. The Morgan fingerprint density at radius 3 is 2.18 bits per heavy atom. The van der Waals surface area contributed by atoms with Gasteiger partial charge in [0.25, 0.3) is 0 Å². The third-order valence-corrected chi connectivity index (χ3v) is 1.65. The van der Waals surface area contributed by atoms with Gasteiger partial charge in [-0.05, 0) is 13.8 Å². The lowest BCUT2D eigenvalue weighted by Crippen LogP contribution is -2.46. The molecular formula is C9H19NO. The van der Waals surface area contributed by atoms with E-state index in [1.54, 1.807) is 0 Å². The second kappa shape index (κ2) is 4.50. The molecule has 0 spiro atoms. The largest absolute Gasteiger partial charge is 0.311 e. The normalized spacial score (nSPS) is 22.0. The molecule has 0 bridgehead atoms. The first-order valence-electron chi connectivity index (χ1n) is 4.37. The van der Waals surface area contributed by atoms with Crippen LogP contribution in [0.3, 0.4) is 0 Å². The van der Waals surface area contributed by atoms with Crippen molar-refractivity contribution in [2.45, 2.75) is 46.1 Å². The molecule has 0 atom stereocenters. The molecule has 2 nitrogen and oxygen atoms in total. The molecule has 1 saturated heterocycles. The predicted molar refractivity (Wildman–Crippen MR) is 47.7 cm³/mol. The molecule has 66 valence electrons. The number of piperidine rings is 1. The molecule has 0 amide bonds. The molecule has 11 heavy (non-hydrogen) atoms. The lowest BCUT2D eigenvalue weighted by molar-refractivity contribution is -0.121. The minimum Gasteiger partial charge on any atom is -0.311 e. The first-order chi connectivity index (χ1) is 5.10. The van der Waals surface area contributed by atoms with Crippen LogP contribution < -0.4 is 5.32 Å². The van der Waals surface area contributed by atoms with E-state index in [0.29, 0.717) is 18.6 Å². The Kier molecular flexibility index (Phi) is 4.34. The minimum absolute atomic E-state index is 0.0509. The summed E-state index contributed by atoms with van der Waals surface area (Å²) < 4.78 is 0. The Bertz CT molecular complexity index is 130. The van der Waals surface area contributed by atoms with Crippen molar-refractivity contribution in [1.29, 1.82) is 0 Å². The van der Waals surface area contributed by atoms with Crippen LogP contribution >= 0.6 is 0 Å². The fraction of sp³-hybridized carbons (Fsp3) is 0.889. The van der Waals surface area contributed by atoms with E-state index >= 15 is 0 Å². The van der Waals surface area contributed by atoms with Gasteiger partial charge < -0.3 is 5.32 Å². The van der Waals surface area contributed by atoms with E-state index in [9.17, 15) is 4.79 Å². The van der Waals surface area contributed by atoms with E-state index < -0.39 is 0 Å². The highest BCUT2D eigenvalue weighted by Gasteiger charge is 2.24. The van der Waals surface area contributed by atoms with Crippen molar-refractivity contribution < 1.29 is 4.79 Å². The highest BCUT2D eigenvalue weighted by atomic mass is 16.1. The van der Waals surface area contributed by atoms with Crippen molar-refractivity contribution >= 4 is 5.78 Å². The molecule has 0 unspecified atom stereocenters. The molecule has 0 radical (unpaired) electrons. The predicted octanol–water partition coefficient (Wildman–Crippen LogP) is 1.74. The molecule has 1 aliphatic heterocycles. The highest BCUT2D eigenvalue weighted by molar-refractivity contribution is 5.80. The Labute approximate surface area is 69.4 Å². The van der Waals surface area contributed by atoms with E-state index in [1.165, 1.54) is 0 Å². The quantitative estimate of drug-likeness (QED) is 0.580. The summed E-state index contributed by atoms with van der Waals surface area (Å²) in [5, 5.41) is 3.27. The molecule has 0 aromatic rings. The van der Waals surface area contributed by atoms with Gasteiger partial charge in [0.05, 0.1) is 0 Å². The number of nitrogens with one attached hydrogen (secondary N) is 1. The maximum Gasteiger partial charge on any atom is 0.135 e.